The normalized spacial score (nSPS) is 38.7. The Balaban J connectivity index is 1.84. The van der Waals surface area contributed by atoms with E-state index in [-0.39, 0.29) is 17.2 Å². The van der Waals surface area contributed by atoms with Crippen molar-refractivity contribution in [2.24, 2.45) is 11.8 Å². The van der Waals surface area contributed by atoms with Gasteiger partial charge in [0.05, 0.1) is 5.75 Å². The number of amides is 1. The minimum Gasteiger partial charge on any atom is -0.336 e. The monoisotopic (exact) mass is 300 g/mol. The molecular weight excluding hydrogens is 276 g/mol. The lowest BCUT2D eigenvalue weighted by atomic mass is 9.85. The number of rotatable bonds is 1. The average Bonchev–Trinajstić information content (AvgIpc) is 2.91. The highest BCUT2D eigenvalue weighted by atomic mass is 32.2. The lowest BCUT2D eigenvalue weighted by Crippen LogP contribution is -2.53. The molecule has 3 saturated heterocycles. The van der Waals surface area contributed by atoms with Gasteiger partial charge < -0.3 is 10.2 Å². The van der Waals surface area contributed by atoms with E-state index in [1.807, 2.05) is 4.90 Å². The smallest absolute Gasteiger partial charge is 0.241 e. The number of hydrogen-bond donors (Lipinski definition) is 1. The van der Waals surface area contributed by atoms with Crippen LogP contribution in [0, 0.1) is 11.8 Å². The van der Waals surface area contributed by atoms with Crippen LogP contribution in [0.25, 0.3) is 0 Å². The van der Waals surface area contributed by atoms with E-state index in [2.05, 4.69) is 19.2 Å². The summed E-state index contributed by atoms with van der Waals surface area (Å²) in [5.41, 5.74) is -0.238. The number of nitrogens with zero attached hydrogens (tertiary/aromatic N) is 1. The Labute approximate surface area is 121 Å². The minimum atomic E-state index is -3.24. The zero-order valence-electron chi connectivity index (χ0n) is 12.3. The van der Waals surface area contributed by atoms with Crippen LogP contribution in [0.1, 0.15) is 33.1 Å². The number of carbonyl (C=O) groups excluding carboxylic acids is 1. The topological polar surface area (TPSA) is 66.5 Å². The molecule has 3 unspecified atom stereocenters. The van der Waals surface area contributed by atoms with Crippen molar-refractivity contribution in [2.75, 3.05) is 25.4 Å². The summed E-state index contributed by atoms with van der Waals surface area (Å²) < 4.78 is 24.4. The molecule has 0 aromatic heterocycles. The van der Waals surface area contributed by atoms with Crippen LogP contribution < -0.4 is 5.32 Å². The molecule has 20 heavy (non-hydrogen) atoms. The maximum Gasteiger partial charge on any atom is 0.241 e. The molecule has 3 aliphatic rings. The van der Waals surface area contributed by atoms with Gasteiger partial charge in [0.2, 0.25) is 5.91 Å². The summed E-state index contributed by atoms with van der Waals surface area (Å²) in [5.74, 6) is 0.939. The van der Waals surface area contributed by atoms with Crippen molar-refractivity contribution < 1.29 is 13.2 Å². The largest absolute Gasteiger partial charge is 0.336 e. The SMILES string of the molecule is CC1(C)C2CNCC2CN1C(=O)C1CCCCS1(=O)=O. The number of sulfone groups is 1. The molecule has 3 heterocycles. The summed E-state index contributed by atoms with van der Waals surface area (Å²) >= 11 is 0. The molecule has 0 aromatic rings. The third kappa shape index (κ3) is 2.08. The molecule has 6 heteroatoms. The lowest BCUT2D eigenvalue weighted by Gasteiger charge is -2.38. The summed E-state index contributed by atoms with van der Waals surface area (Å²) in [6, 6.07) is 0. The maximum atomic E-state index is 12.8. The van der Waals surface area contributed by atoms with Gasteiger partial charge in [-0.2, -0.15) is 0 Å². The van der Waals surface area contributed by atoms with E-state index in [9.17, 15) is 13.2 Å². The molecule has 0 radical (unpaired) electrons. The van der Waals surface area contributed by atoms with Gasteiger partial charge in [0.1, 0.15) is 5.25 Å². The van der Waals surface area contributed by atoms with E-state index < -0.39 is 15.1 Å². The van der Waals surface area contributed by atoms with Gasteiger partial charge in [-0.25, -0.2) is 8.42 Å². The molecule has 1 amide bonds. The second kappa shape index (κ2) is 4.70. The van der Waals surface area contributed by atoms with Crippen molar-refractivity contribution in [1.29, 1.82) is 0 Å². The molecular formula is C14H24N2O3S. The Hall–Kier alpha value is -0.620. The number of likely N-dealkylation sites (tertiary alicyclic amines) is 1. The van der Waals surface area contributed by atoms with Crippen LogP contribution >= 0.6 is 0 Å². The fourth-order valence-corrected chi connectivity index (χ4v) is 6.05. The Morgan fingerprint density at radius 1 is 1.25 bits per heavy atom. The first-order valence-corrected chi connectivity index (χ1v) is 9.29. The summed E-state index contributed by atoms with van der Waals surface area (Å²) in [6.07, 6.45) is 2.05. The predicted octanol–water partition coefficient (Wildman–Crippen LogP) is 0.410. The summed E-state index contributed by atoms with van der Waals surface area (Å²) in [6.45, 7) is 6.74. The highest BCUT2D eigenvalue weighted by Crippen LogP contribution is 2.41. The Bertz CT molecular complexity index is 515. The first-order chi connectivity index (χ1) is 9.34. The number of fused-ring (bicyclic) bond motifs is 1. The van der Waals surface area contributed by atoms with Crippen LogP contribution in [-0.4, -0.2) is 55.4 Å². The van der Waals surface area contributed by atoms with Crippen LogP contribution in [0.4, 0.5) is 0 Å². The molecule has 1 N–H and O–H groups in total. The maximum absolute atomic E-state index is 12.8. The summed E-state index contributed by atoms with van der Waals surface area (Å²) in [4.78, 5) is 14.6. The molecule has 114 valence electrons. The standard InChI is InChI=1S/C14H24N2O3S/c1-14(2)11-8-15-7-10(11)9-16(14)13(17)12-5-3-4-6-20(12,18)19/h10-12,15H,3-9H2,1-2H3. The van der Waals surface area contributed by atoms with Gasteiger partial charge in [-0.1, -0.05) is 6.42 Å². The van der Waals surface area contributed by atoms with E-state index in [1.165, 1.54) is 0 Å². The number of carbonyl (C=O) groups is 1. The van der Waals surface area contributed by atoms with E-state index in [0.717, 1.165) is 19.5 Å². The molecule has 3 aliphatic heterocycles. The first-order valence-electron chi connectivity index (χ1n) is 7.58. The van der Waals surface area contributed by atoms with Crippen LogP contribution in [-0.2, 0) is 14.6 Å². The quantitative estimate of drug-likeness (QED) is 0.762. The molecule has 0 aliphatic carbocycles. The Kier molecular flexibility index (Phi) is 3.36. The molecule has 0 aromatic carbocycles. The molecule has 3 rings (SSSR count). The Morgan fingerprint density at radius 3 is 2.65 bits per heavy atom. The van der Waals surface area contributed by atoms with Crippen LogP contribution in [0.2, 0.25) is 0 Å². The van der Waals surface area contributed by atoms with Crippen molar-refractivity contribution in [3.05, 3.63) is 0 Å². The van der Waals surface area contributed by atoms with Gasteiger partial charge in [-0.3, -0.25) is 4.79 Å². The first kappa shape index (κ1) is 14.3. The molecule has 5 nitrogen and oxygen atoms in total. The molecule has 0 bridgehead atoms. The Morgan fingerprint density at radius 2 is 2.00 bits per heavy atom. The van der Waals surface area contributed by atoms with Gasteiger partial charge >= 0.3 is 0 Å². The van der Waals surface area contributed by atoms with Crippen molar-refractivity contribution in [1.82, 2.24) is 10.2 Å². The van der Waals surface area contributed by atoms with Gasteiger partial charge in [0, 0.05) is 25.2 Å². The van der Waals surface area contributed by atoms with E-state index in [0.29, 0.717) is 31.2 Å². The second-order valence-electron chi connectivity index (χ2n) is 6.98. The van der Waals surface area contributed by atoms with Crippen LogP contribution in [0.3, 0.4) is 0 Å². The fraction of sp³-hybridized carbons (Fsp3) is 0.929. The molecule has 3 fully saturated rings. The van der Waals surface area contributed by atoms with Gasteiger partial charge in [0.25, 0.3) is 0 Å². The zero-order chi connectivity index (χ0) is 14.5. The molecule has 3 atom stereocenters. The highest BCUT2D eigenvalue weighted by molar-refractivity contribution is 7.92. The number of hydrogen-bond acceptors (Lipinski definition) is 4. The van der Waals surface area contributed by atoms with Crippen molar-refractivity contribution >= 4 is 15.7 Å². The fourth-order valence-electron chi connectivity index (χ4n) is 4.20. The van der Waals surface area contributed by atoms with Crippen molar-refractivity contribution in [3.8, 4) is 0 Å². The van der Waals surface area contributed by atoms with Crippen molar-refractivity contribution in [2.45, 2.75) is 43.9 Å². The molecule has 0 saturated carbocycles. The third-order valence-electron chi connectivity index (χ3n) is 5.48. The lowest BCUT2D eigenvalue weighted by molar-refractivity contribution is -0.134. The minimum absolute atomic E-state index is 0.149. The molecule has 0 spiro atoms. The summed E-state index contributed by atoms with van der Waals surface area (Å²) in [7, 11) is -3.24. The van der Waals surface area contributed by atoms with Crippen LogP contribution in [0.15, 0.2) is 0 Å². The van der Waals surface area contributed by atoms with E-state index in [1.54, 1.807) is 0 Å². The van der Waals surface area contributed by atoms with Gasteiger partial charge in [-0.15, -0.1) is 0 Å². The van der Waals surface area contributed by atoms with E-state index >= 15 is 0 Å². The predicted molar refractivity (Wildman–Crippen MR) is 77.1 cm³/mol. The van der Waals surface area contributed by atoms with E-state index in [4.69, 9.17) is 0 Å². The van der Waals surface area contributed by atoms with Crippen molar-refractivity contribution in [3.63, 3.8) is 0 Å². The highest BCUT2D eigenvalue weighted by Gasteiger charge is 2.53. The van der Waals surface area contributed by atoms with Crippen LogP contribution in [0.5, 0.6) is 0 Å². The summed E-state index contributed by atoms with van der Waals surface area (Å²) in [5, 5.41) is 2.59. The second-order valence-corrected chi connectivity index (χ2v) is 9.28. The van der Waals surface area contributed by atoms with Gasteiger partial charge in [-0.05, 0) is 38.5 Å². The third-order valence-corrected chi connectivity index (χ3v) is 7.64. The zero-order valence-corrected chi connectivity index (χ0v) is 13.1. The average molecular weight is 300 g/mol. The number of nitrogens with one attached hydrogen (secondary N) is 1. The van der Waals surface area contributed by atoms with Gasteiger partial charge in [0.15, 0.2) is 9.84 Å².